The summed E-state index contributed by atoms with van der Waals surface area (Å²) in [5.41, 5.74) is 0.576. The molecule has 17 heavy (non-hydrogen) atoms. The summed E-state index contributed by atoms with van der Waals surface area (Å²) in [6.07, 6.45) is 6.22. The molecule has 1 fully saturated rings. The van der Waals surface area contributed by atoms with Crippen LogP contribution in [0.2, 0.25) is 0 Å². The van der Waals surface area contributed by atoms with Crippen molar-refractivity contribution in [3.63, 3.8) is 0 Å². The lowest BCUT2D eigenvalue weighted by Gasteiger charge is -2.21. The average molecular weight is 238 g/mol. The summed E-state index contributed by atoms with van der Waals surface area (Å²) in [6.45, 7) is 0.467. The maximum Gasteiger partial charge on any atom is 0.165 e. The van der Waals surface area contributed by atoms with Crippen molar-refractivity contribution in [3.8, 4) is 5.75 Å². The number of benzene rings is 1. The molecular formula is C14H19FO2. The van der Waals surface area contributed by atoms with Crippen molar-refractivity contribution in [3.05, 3.63) is 29.6 Å². The highest BCUT2D eigenvalue weighted by Crippen LogP contribution is 2.25. The summed E-state index contributed by atoms with van der Waals surface area (Å²) >= 11 is 0. The molecule has 0 aromatic heterocycles. The molecule has 0 atom stereocenters. The Labute approximate surface area is 101 Å². The van der Waals surface area contributed by atoms with Gasteiger partial charge in [-0.3, -0.25) is 0 Å². The van der Waals surface area contributed by atoms with Crippen molar-refractivity contribution in [2.75, 3.05) is 6.61 Å². The fraction of sp³-hybridized carbons (Fsp3) is 0.571. The smallest absolute Gasteiger partial charge is 0.165 e. The molecule has 94 valence electrons. The van der Waals surface area contributed by atoms with Crippen LogP contribution < -0.4 is 4.74 Å². The lowest BCUT2D eigenvalue weighted by atomic mass is 9.90. The van der Waals surface area contributed by atoms with Gasteiger partial charge in [-0.05, 0) is 36.5 Å². The molecule has 1 aliphatic carbocycles. The van der Waals surface area contributed by atoms with E-state index >= 15 is 0 Å². The van der Waals surface area contributed by atoms with Gasteiger partial charge in [0.2, 0.25) is 0 Å². The summed E-state index contributed by atoms with van der Waals surface area (Å²) in [5, 5.41) is 8.88. The number of halogens is 1. The second-order valence-corrected chi connectivity index (χ2v) is 4.74. The molecule has 0 amide bonds. The quantitative estimate of drug-likeness (QED) is 0.872. The zero-order valence-electron chi connectivity index (χ0n) is 9.99. The van der Waals surface area contributed by atoms with E-state index in [-0.39, 0.29) is 12.4 Å². The third-order valence-corrected chi connectivity index (χ3v) is 3.38. The van der Waals surface area contributed by atoms with E-state index in [9.17, 15) is 4.39 Å². The zero-order valence-corrected chi connectivity index (χ0v) is 9.99. The van der Waals surface area contributed by atoms with Crippen molar-refractivity contribution in [2.45, 2.75) is 38.7 Å². The van der Waals surface area contributed by atoms with Crippen molar-refractivity contribution in [2.24, 2.45) is 5.92 Å². The molecule has 1 aliphatic rings. The van der Waals surface area contributed by atoms with Crippen LogP contribution in [0.4, 0.5) is 4.39 Å². The average Bonchev–Trinajstić information content (AvgIpc) is 2.38. The molecule has 1 N–H and O–H groups in total. The van der Waals surface area contributed by atoms with E-state index in [1.165, 1.54) is 38.2 Å². The van der Waals surface area contributed by atoms with Gasteiger partial charge in [-0.15, -0.1) is 0 Å². The van der Waals surface area contributed by atoms with Crippen LogP contribution in [0.25, 0.3) is 0 Å². The molecule has 0 bridgehead atoms. The van der Waals surface area contributed by atoms with Gasteiger partial charge in [0.15, 0.2) is 11.6 Å². The first-order chi connectivity index (χ1) is 8.29. The van der Waals surface area contributed by atoms with Gasteiger partial charge >= 0.3 is 0 Å². The van der Waals surface area contributed by atoms with E-state index in [2.05, 4.69) is 0 Å². The Morgan fingerprint density at radius 3 is 2.65 bits per heavy atom. The summed E-state index contributed by atoms with van der Waals surface area (Å²) in [4.78, 5) is 0. The molecule has 1 saturated carbocycles. The Bertz CT molecular complexity index is 359. The molecule has 0 saturated heterocycles. The van der Waals surface area contributed by atoms with E-state index in [0.29, 0.717) is 23.8 Å². The highest BCUT2D eigenvalue weighted by molar-refractivity contribution is 5.28. The van der Waals surface area contributed by atoms with E-state index < -0.39 is 0 Å². The minimum atomic E-state index is -0.382. The van der Waals surface area contributed by atoms with Crippen LogP contribution in [0, 0.1) is 11.7 Å². The van der Waals surface area contributed by atoms with Crippen molar-refractivity contribution in [1.29, 1.82) is 0 Å². The van der Waals surface area contributed by atoms with Gasteiger partial charge in [0, 0.05) is 0 Å². The van der Waals surface area contributed by atoms with Crippen LogP contribution in [0.3, 0.4) is 0 Å². The number of aliphatic hydroxyl groups excluding tert-OH is 1. The molecule has 0 aliphatic heterocycles. The van der Waals surface area contributed by atoms with Crippen LogP contribution in [-0.4, -0.2) is 11.7 Å². The molecule has 0 radical (unpaired) electrons. The SMILES string of the molecule is OCc1ccc(OCC2CCCCC2)c(F)c1. The number of hydrogen-bond acceptors (Lipinski definition) is 2. The molecule has 3 heteroatoms. The second kappa shape index (κ2) is 6.01. The third-order valence-electron chi connectivity index (χ3n) is 3.38. The van der Waals surface area contributed by atoms with E-state index in [4.69, 9.17) is 9.84 Å². The molecule has 0 unspecified atom stereocenters. The first-order valence-electron chi connectivity index (χ1n) is 6.31. The van der Waals surface area contributed by atoms with Gasteiger partial charge in [-0.2, -0.15) is 0 Å². The Morgan fingerprint density at radius 1 is 1.24 bits per heavy atom. The third kappa shape index (κ3) is 3.43. The molecule has 1 aromatic rings. The Morgan fingerprint density at radius 2 is 2.00 bits per heavy atom. The predicted molar refractivity (Wildman–Crippen MR) is 64.4 cm³/mol. The summed E-state index contributed by atoms with van der Waals surface area (Å²) in [5.74, 6) is 0.487. The molecule has 1 aromatic carbocycles. The maximum absolute atomic E-state index is 13.6. The van der Waals surface area contributed by atoms with Crippen molar-refractivity contribution < 1.29 is 14.2 Å². The van der Waals surface area contributed by atoms with Gasteiger partial charge in [-0.25, -0.2) is 4.39 Å². The van der Waals surface area contributed by atoms with E-state index in [1.54, 1.807) is 12.1 Å². The maximum atomic E-state index is 13.6. The summed E-state index contributed by atoms with van der Waals surface area (Å²) in [6, 6.07) is 4.62. The summed E-state index contributed by atoms with van der Waals surface area (Å²) < 4.78 is 19.1. The lowest BCUT2D eigenvalue weighted by molar-refractivity contribution is 0.202. The number of rotatable bonds is 4. The van der Waals surface area contributed by atoms with Crippen LogP contribution >= 0.6 is 0 Å². The van der Waals surface area contributed by atoms with Crippen LogP contribution in [-0.2, 0) is 6.61 Å². The first-order valence-corrected chi connectivity index (χ1v) is 6.31. The van der Waals surface area contributed by atoms with Crippen LogP contribution in [0.1, 0.15) is 37.7 Å². The molecule has 0 spiro atoms. The topological polar surface area (TPSA) is 29.5 Å². The highest BCUT2D eigenvalue weighted by Gasteiger charge is 2.15. The number of hydrogen-bond donors (Lipinski definition) is 1. The van der Waals surface area contributed by atoms with Gasteiger partial charge in [0.05, 0.1) is 13.2 Å². The minimum Gasteiger partial charge on any atom is -0.490 e. The zero-order chi connectivity index (χ0) is 12.1. The Balaban J connectivity index is 1.89. The first kappa shape index (κ1) is 12.4. The largest absolute Gasteiger partial charge is 0.490 e. The van der Waals surface area contributed by atoms with Gasteiger partial charge < -0.3 is 9.84 Å². The fourth-order valence-electron chi connectivity index (χ4n) is 2.32. The number of ether oxygens (including phenoxy) is 1. The van der Waals surface area contributed by atoms with Gasteiger partial charge in [-0.1, -0.05) is 25.3 Å². The van der Waals surface area contributed by atoms with E-state index in [1.807, 2.05) is 0 Å². The predicted octanol–water partition coefficient (Wildman–Crippen LogP) is 3.28. The van der Waals surface area contributed by atoms with Crippen molar-refractivity contribution in [1.82, 2.24) is 0 Å². The van der Waals surface area contributed by atoms with Gasteiger partial charge in [0.1, 0.15) is 0 Å². The van der Waals surface area contributed by atoms with Crippen LogP contribution in [0.5, 0.6) is 5.75 Å². The molecule has 2 nitrogen and oxygen atoms in total. The standard InChI is InChI=1S/C14H19FO2/c15-13-8-12(9-16)6-7-14(13)17-10-11-4-2-1-3-5-11/h6-8,11,16H,1-5,9-10H2. The number of aliphatic hydroxyl groups is 1. The normalized spacial score (nSPS) is 17.1. The van der Waals surface area contributed by atoms with Gasteiger partial charge in [0.25, 0.3) is 0 Å². The Kier molecular flexibility index (Phi) is 4.37. The highest BCUT2D eigenvalue weighted by atomic mass is 19.1. The second-order valence-electron chi connectivity index (χ2n) is 4.74. The molecule has 2 rings (SSSR count). The minimum absolute atomic E-state index is 0.139. The lowest BCUT2D eigenvalue weighted by Crippen LogP contribution is -2.15. The fourth-order valence-corrected chi connectivity index (χ4v) is 2.32. The monoisotopic (exact) mass is 238 g/mol. The van der Waals surface area contributed by atoms with Crippen molar-refractivity contribution >= 4 is 0 Å². The van der Waals surface area contributed by atoms with E-state index in [0.717, 1.165) is 0 Å². The Hall–Kier alpha value is -1.09. The molecular weight excluding hydrogens is 219 g/mol. The molecule has 0 heterocycles. The summed E-state index contributed by atoms with van der Waals surface area (Å²) in [7, 11) is 0. The van der Waals surface area contributed by atoms with Crippen LogP contribution in [0.15, 0.2) is 18.2 Å².